The fourth-order valence-electron chi connectivity index (χ4n) is 1.35. The Morgan fingerprint density at radius 3 is 2.75 bits per heavy atom. The predicted molar refractivity (Wildman–Crippen MR) is 68.9 cm³/mol. The average Bonchev–Trinajstić information content (AvgIpc) is 2.24. The van der Waals surface area contributed by atoms with Gasteiger partial charge in [-0.05, 0) is 44.0 Å². The number of anilines is 1. The van der Waals surface area contributed by atoms with Gasteiger partial charge in [0.25, 0.3) is 5.91 Å². The summed E-state index contributed by atoms with van der Waals surface area (Å²) in [4.78, 5) is 11.7. The van der Waals surface area contributed by atoms with E-state index in [-0.39, 0.29) is 5.91 Å². The largest absolute Gasteiger partial charge is 0.322 e. The van der Waals surface area contributed by atoms with Gasteiger partial charge in [-0.25, -0.2) is 0 Å². The Morgan fingerprint density at radius 1 is 1.50 bits per heavy atom. The van der Waals surface area contributed by atoms with Gasteiger partial charge < -0.3 is 5.32 Å². The lowest BCUT2D eigenvalue weighted by Crippen LogP contribution is -2.12. The molecule has 0 atom stereocenters. The molecule has 2 nitrogen and oxygen atoms in total. The zero-order valence-corrected chi connectivity index (χ0v) is 10.6. The summed E-state index contributed by atoms with van der Waals surface area (Å²) in [5, 5.41) is 3.54. The van der Waals surface area contributed by atoms with Gasteiger partial charge in [-0.1, -0.05) is 24.6 Å². The van der Waals surface area contributed by atoms with Gasteiger partial charge in [0.2, 0.25) is 0 Å². The fraction of sp³-hybridized carbons (Fsp3) is 0.308. The van der Waals surface area contributed by atoms with E-state index in [0.717, 1.165) is 23.2 Å². The maximum absolute atomic E-state index is 11.7. The molecule has 3 heteroatoms. The van der Waals surface area contributed by atoms with E-state index in [1.165, 1.54) is 0 Å². The van der Waals surface area contributed by atoms with Gasteiger partial charge in [0.05, 0.1) is 0 Å². The first kappa shape index (κ1) is 12.8. The number of hydrogen-bond acceptors (Lipinski definition) is 1. The van der Waals surface area contributed by atoms with Crippen molar-refractivity contribution in [3.8, 4) is 0 Å². The van der Waals surface area contributed by atoms with E-state index >= 15 is 0 Å². The number of nitrogens with one attached hydrogen (secondary N) is 1. The number of aryl methyl sites for hydroxylation is 1. The first-order valence-corrected chi connectivity index (χ1v) is 5.66. The molecular formula is C13H16ClNO. The summed E-state index contributed by atoms with van der Waals surface area (Å²) >= 11 is 5.91. The standard InChI is InChI=1S/C13H16ClNO/c1-4-5-9(2)13(16)15-11-6-7-12(14)10(3)8-11/h5-8H,4H2,1-3H3,(H,15,16). The third kappa shape index (κ3) is 3.38. The number of carbonyl (C=O) groups excluding carboxylic acids is 1. The summed E-state index contributed by atoms with van der Waals surface area (Å²) in [7, 11) is 0. The van der Waals surface area contributed by atoms with Gasteiger partial charge in [0, 0.05) is 16.3 Å². The van der Waals surface area contributed by atoms with Crippen LogP contribution in [0.1, 0.15) is 25.8 Å². The highest BCUT2D eigenvalue weighted by Gasteiger charge is 2.04. The molecule has 0 aliphatic heterocycles. The summed E-state index contributed by atoms with van der Waals surface area (Å²) < 4.78 is 0. The van der Waals surface area contributed by atoms with Gasteiger partial charge in [-0.15, -0.1) is 0 Å². The predicted octanol–water partition coefficient (Wildman–Crippen LogP) is 3.94. The van der Waals surface area contributed by atoms with Gasteiger partial charge in [-0.2, -0.15) is 0 Å². The number of carbonyl (C=O) groups is 1. The molecule has 0 aromatic heterocycles. The van der Waals surface area contributed by atoms with Crippen molar-refractivity contribution < 1.29 is 4.79 Å². The highest BCUT2D eigenvalue weighted by atomic mass is 35.5. The van der Waals surface area contributed by atoms with Crippen molar-refractivity contribution in [2.45, 2.75) is 27.2 Å². The number of benzene rings is 1. The summed E-state index contributed by atoms with van der Waals surface area (Å²) in [5.74, 6) is -0.0661. The molecule has 1 rings (SSSR count). The third-order valence-corrected chi connectivity index (χ3v) is 2.71. The second-order valence-corrected chi connectivity index (χ2v) is 4.12. The fourth-order valence-corrected chi connectivity index (χ4v) is 1.47. The highest BCUT2D eigenvalue weighted by molar-refractivity contribution is 6.31. The molecule has 0 aliphatic rings. The third-order valence-electron chi connectivity index (χ3n) is 2.28. The van der Waals surface area contributed by atoms with Crippen molar-refractivity contribution in [3.05, 3.63) is 40.4 Å². The summed E-state index contributed by atoms with van der Waals surface area (Å²) in [6.45, 7) is 5.72. The van der Waals surface area contributed by atoms with E-state index in [1.54, 1.807) is 12.1 Å². The summed E-state index contributed by atoms with van der Waals surface area (Å²) in [6, 6.07) is 5.44. The minimum absolute atomic E-state index is 0.0661. The van der Waals surface area contributed by atoms with Crippen molar-refractivity contribution in [1.82, 2.24) is 0 Å². The van der Waals surface area contributed by atoms with E-state index in [2.05, 4.69) is 5.32 Å². The minimum atomic E-state index is -0.0661. The van der Waals surface area contributed by atoms with Crippen LogP contribution in [0.5, 0.6) is 0 Å². The molecule has 1 aromatic carbocycles. The SMILES string of the molecule is CCC=C(C)C(=O)Nc1ccc(Cl)c(C)c1. The van der Waals surface area contributed by atoms with Crippen LogP contribution in [0.3, 0.4) is 0 Å². The lowest BCUT2D eigenvalue weighted by Gasteiger charge is -2.07. The van der Waals surface area contributed by atoms with Crippen molar-refractivity contribution in [3.63, 3.8) is 0 Å². The Bertz CT molecular complexity index is 424. The summed E-state index contributed by atoms with van der Waals surface area (Å²) in [6.07, 6.45) is 2.76. The van der Waals surface area contributed by atoms with E-state index < -0.39 is 0 Å². The van der Waals surface area contributed by atoms with Crippen LogP contribution in [0.25, 0.3) is 0 Å². The van der Waals surface area contributed by atoms with E-state index in [0.29, 0.717) is 5.02 Å². The van der Waals surface area contributed by atoms with E-state index in [4.69, 9.17) is 11.6 Å². The molecule has 1 N–H and O–H groups in total. The molecule has 0 spiro atoms. The number of rotatable bonds is 3. The van der Waals surface area contributed by atoms with Crippen LogP contribution in [0.4, 0.5) is 5.69 Å². The number of halogens is 1. The van der Waals surface area contributed by atoms with Crippen LogP contribution >= 0.6 is 11.6 Å². The zero-order valence-electron chi connectivity index (χ0n) is 9.80. The Balaban J connectivity index is 2.77. The molecule has 1 amide bonds. The lowest BCUT2D eigenvalue weighted by atomic mass is 10.2. The first-order chi connectivity index (χ1) is 7.54. The maximum atomic E-state index is 11.7. The second kappa shape index (κ2) is 5.71. The molecule has 0 fully saturated rings. The molecular weight excluding hydrogens is 222 g/mol. The number of amides is 1. The van der Waals surface area contributed by atoms with Gasteiger partial charge in [0.15, 0.2) is 0 Å². The zero-order chi connectivity index (χ0) is 12.1. The Morgan fingerprint density at radius 2 is 2.19 bits per heavy atom. The summed E-state index contributed by atoms with van der Waals surface area (Å²) in [5.41, 5.74) is 2.46. The van der Waals surface area contributed by atoms with Crippen molar-refractivity contribution in [2.24, 2.45) is 0 Å². The van der Waals surface area contributed by atoms with Crippen molar-refractivity contribution >= 4 is 23.2 Å². The van der Waals surface area contributed by atoms with Crippen LogP contribution in [0, 0.1) is 6.92 Å². The number of allylic oxidation sites excluding steroid dienone is 1. The van der Waals surface area contributed by atoms with Crippen LogP contribution < -0.4 is 5.32 Å². The molecule has 1 aromatic rings. The first-order valence-electron chi connectivity index (χ1n) is 5.29. The number of hydrogen-bond donors (Lipinski definition) is 1. The molecule has 0 bridgehead atoms. The molecule has 0 unspecified atom stereocenters. The Kier molecular flexibility index (Phi) is 4.56. The van der Waals surface area contributed by atoms with Gasteiger partial charge in [0.1, 0.15) is 0 Å². The molecule has 86 valence electrons. The highest BCUT2D eigenvalue weighted by Crippen LogP contribution is 2.19. The molecule has 0 aliphatic carbocycles. The van der Waals surface area contributed by atoms with Crippen LogP contribution in [0.2, 0.25) is 5.02 Å². The van der Waals surface area contributed by atoms with Crippen LogP contribution in [0.15, 0.2) is 29.8 Å². The minimum Gasteiger partial charge on any atom is -0.322 e. The Labute approximate surface area is 101 Å². The molecule has 0 heterocycles. The van der Waals surface area contributed by atoms with Gasteiger partial charge in [-0.3, -0.25) is 4.79 Å². The van der Waals surface area contributed by atoms with E-state index in [9.17, 15) is 4.79 Å². The van der Waals surface area contributed by atoms with E-state index in [1.807, 2.05) is 32.9 Å². The lowest BCUT2D eigenvalue weighted by molar-refractivity contribution is -0.112. The second-order valence-electron chi connectivity index (χ2n) is 3.71. The molecule has 16 heavy (non-hydrogen) atoms. The topological polar surface area (TPSA) is 29.1 Å². The molecule has 0 radical (unpaired) electrons. The smallest absolute Gasteiger partial charge is 0.250 e. The maximum Gasteiger partial charge on any atom is 0.250 e. The average molecular weight is 238 g/mol. The monoisotopic (exact) mass is 237 g/mol. The van der Waals surface area contributed by atoms with Crippen LogP contribution in [-0.2, 0) is 4.79 Å². The normalized spacial score (nSPS) is 11.4. The Hall–Kier alpha value is -1.28. The van der Waals surface area contributed by atoms with Crippen molar-refractivity contribution in [2.75, 3.05) is 5.32 Å². The van der Waals surface area contributed by atoms with Gasteiger partial charge >= 0.3 is 0 Å². The van der Waals surface area contributed by atoms with Crippen LogP contribution in [-0.4, -0.2) is 5.91 Å². The molecule has 0 saturated carbocycles. The quantitative estimate of drug-likeness (QED) is 0.793. The molecule has 0 saturated heterocycles. The van der Waals surface area contributed by atoms with Crippen molar-refractivity contribution in [1.29, 1.82) is 0 Å².